The lowest BCUT2D eigenvalue weighted by molar-refractivity contribution is -0.136. The van der Waals surface area contributed by atoms with Crippen molar-refractivity contribution < 1.29 is 9.90 Å². The molecule has 80 valence electrons. The Kier molecular flexibility index (Phi) is 3.03. The maximum absolute atomic E-state index is 11.9. The van der Waals surface area contributed by atoms with Crippen molar-refractivity contribution in [3.63, 3.8) is 0 Å². The van der Waals surface area contributed by atoms with Gasteiger partial charge in [-0.3, -0.25) is 4.79 Å². The molecule has 4 nitrogen and oxygen atoms in total. The molecule has 2 fully saturated rings. The molecule has 2 aliphatic rings. The maximum atomic E-state index is 11.9. The zero-order valence-corrected chi connectivity index (χ0v) is 8.41. The Balaban J connectivity index is 1.94. The van der Waals surface area contributed by atoms with Gasteiger partial charge in [0.25, 0.3) is 0 Å². The molecule has 0 aromatic rings. The van der Waals surface area contributed by atoms with E-state index in [0.29, 0.717) is 0 Å². The summed E-state index contributed by atoms with van der Waals surface area (Å²) in [6.07, 6.45) is 3.43. The van der Waals surface area contributed by atoms with E-state index in [-0.39, 0.29) is 11.9 Å². The van der Waals surface area contributed by atoms with Crippen LogP contribution >= 0.6 is 0 Å². The maximum Gasteiger partial charge on any atom is 0.242 e. The summed E-state index contributed by atoms with van der Waals surface area (Å²) in [7, 11) is 0. The average molecular weight is 198 g/mol. The van der Waals surface area contributed by atoms with Gasteiger partial charge in [0.1, 0.15) is 6.04 Å². The van der Waals surface area contributed by atoms with Crippen LogP contribution in [0, 0.1) is 0 Å². The Labute approximate surface area is 84.3 Å². The third kappa shape index (κ3) is 1.91. The second-order valence-corrected chi connectivity index (χ2v) is 4.17. The second kappa shape index (κ2) is 4.28. The largest absolute Gasteiger partial charge is 0.391 e. The summed E-state index contributed by atoms with van der Waals surface area (Å²) in [5.41, 5.74) is 0. The van der Waals surface area contributed by atoms with Gasteiger partial charge in [0.2, 0.25) is 5.91 Å². The predicted molar refractivity (Wildman–Crippen MR) is 52.8 cm³/mol. The number of nitrogens with zero attached hydrogens (tertiary/aromatic N) is 1. The van der Waals surface area contributed by atoms with E-state index < -0.39 is 6.10 Å². The molecule has 1 amide bonds. The highest BCUT2D eigenvalue weighted by Crippen LogP contribution is 2.14. The second-order valence-electron chi connectivity index (χ2n) is 4.17. The molecule has 2 heterocycles. The van der Waals surface area contributed by atoms with Crippen LogP contribution in [0.3, 0.4) is 0 Å². The highest BCUT2D eigenvalue weighted by Gasteiger charge is 2.33. The van der Waals surface area contributed by atoms with Crippen LogP contribution in [0.15, 0.2) is 0 Å². The van der Waals surface area contributed by atoms with E-state index in [9.17, 15) is 9.90 Å². The van der Waals surface area contributed by atoms with Crippen molar-refractivity contribution in [2.24, 2.45) is 0 Å². The number of hydrogen-bond acceptors (Lipinski definition) is 3. The Morgan fingerprint density at radius 2 is 2.00 bits per heavy atom. The number of likely N-dealkylation sites (tertiary alicyclic amines) is 1. The highest BCUT2D eigenvalue weighted by atomic mass is 16.3. The van der Waals surface area contributed by atoms with E-state index in [0.717, 1.165) is 45.3 Å². The van der Waals surface area contributed by atoms with Crippen molar-refractivity contribution in [3.05, 3.63) is 0 Å². The molecule has 0 aromatic heterocycles. The Morgan fingerprint density at radius 1 is 1.29 bits per heavy atom. The average Bonchev–Trinajstić information content (AvgIpc) is 2.70. The summed E-state index contributed by atoms with van der Waals surface area (Å²) < 4.78 is 0. The highest BCUT2D eigenvalue weighted by molar-refractivity contribution is 5.82. The van der Waals surface area contributed by atoms with Gasteiger partial charge < -0.3 is 15.3 Å². The van der Waals surface area contributed by atoms with E-state index >= 15 is 0 Å². The number of aliphatic hydroxyl groups is 1. The molecule has 2 atom stereocenters. The number of carbonyl (C=O) groups excluding carboxylic acids is 1. The predicted octanol–water partition coefficient (Wildman–Crippen LogP) is -0.278. The van der Waals surface area contributed by atoms with Crippen molar-refractivity contribution in [2.75, 3.05) is 19.6 Å². The lowest BCUT2D eigenvalue weighted by Crippen LogP contribution is -2.54. The van der Waals surface area contributed by atoms with Gasteiger partial charge in [-0.05, 0) is 32.2 Å². The number of aliphatic hydroxyl groups excluding tert-OH is 1. The summed E-state index contributed by atoms with van der Waals surface area (Å²) in [5.74, 6) is 0.0923. The molecule has 0 spiro atoms. The van der Waals surface area contributed by atoms with Crippen molar-refractivity contribution in [3.8, 4) is 0 Å². The van der Waals surface area contributed by atoms with E-state index in [1.54, 1.807) is 0 Å². The Bertz CT molecular complexity index is 214. The van der Waals surface area contributed by atoms with Gasteiger partial charge in [-0.1, -0.05) is 0 Å². The molecule has 0 radical (unpaired) electrons. The van der Waals surface area contributed by atoms with Crippen LogP contribution in [-0.4, -0.2) is 47.7 Å². The Morgan fingerprint density at radius 3 is 2.64 bits per heavy atom. The van der Waals surface area contributed by atoms with E-state index in [4.69, 9.17) is 0 Å². The van der Waals surface area contributed by atoms with Crippen molar-refractivity contribution in [1.82, 2.24) is 10.2 Å². The first-order chi connectivity index (χ1) is 6.79. The van der Waals surface area contributed by atoms with Crippen molar-refractivity contribution in [2.45, 2.75) is 37.8 Å². The van der Waals surface area contributed by atoms with Gasteiger partial charge in [0, 0.05) is 13.1 Å². The first-order valence-corrected chi connectivity index (χ1v) is 5.49. The lowest BCUT2D eigenvalue weighted by Gasteiger charge is -2.31. The number of amides is 1. The van der Waals surface area contributed by atoms with Gasteiger partial charge in [0.15, 0.2) is 0 Å². The number of nitrogens with one attached hydrogen (secondary N) is 1. The molecule has 0 saturated carbocycles. The fourth-order valence-electron chi connectivity index (χ4n) is 2.26. The molecule has 2 unspecified atom stereocenters. The summed E-state index contributed by atoms with van der Waals surface area (Å²) in [4.78, 5) is 13.8. The molecule has 0 bridgehead atoms. The van der Waals surface area contributed by atoms with Crippen molar-refractivity contribution in [1.29, 1.82) is 0 Å². The van der Waals surface area contributed by atoms with Crippen LogP contribution in [0.2, 0.25) is 0 Å². The molecule has 0 aliphatic carbocycles. The topological polar surface area (TPSA) is 52.6 Å². The third-order valence-corrected chi connectivity index (χ3v) is 3.11. The first kappa shape index (κ1) is 9.93. The van der Waals surface area contributed by atoms with Crippen LogP contribution in [0.25, 0.3) is 0 Å². The summed E-state index contributed by atoms with van der Waals surface area (Å²) in [6.45, 7) is 2.58. The molecule has 2 rings (SSSR count). The third-order valence-electron chi connectivity index (χ3n) is 3.11. The van der Waals surface area contributed by atoms with E-state index in [2.05, 4.69) is 5.32 Å². The van der Waals surface area contributed by atoms with Gasteiger partial charge in [0.05, 0.1) is 6.10 Å². The van der Waals surface area contributed by atoms with Crippen LogP contribution in [0.4, 0.5) is 0 Å². The lowest BCUT2D eigenvalue weighted by atomic mass is 10.0. The van der Waals surface area contributed by atoms with Gasteiger partial charge in [-0.15, -0.1) is 0 Å². The van der Waals surface area contributed by atoms with Crippen LogP contribution in [0.1, 0.15) is 25.7 Å². The fraction of sp³-hybridized carbons (Fsp3) is 0.900. The van der Waals surface area contributed by atoms with Gasteiger partial charge in [-0.2, -0.15) is 0 Å². The van der Waals surface area contributed by atoms with Crippen LogP contribution in [0.5, 0.6) is 0 Å². The first-order valence-electron chi connectivity index (χ1n) is 5.49. The van der Waals surface area contributed by atoms with E-state index in [1.807, 2.05) is 4.90 Å². The zero-order valence-electron chi connectivity index (χ0n) is 8.41. The van der Waals surface area contributed by atoms with E-state index in [1.165, 1.54) is 0 Å². The monoisotopic (exact) mass is 198 g/mol. The molecule has 2 saturated heterocycles. The normalized spacial score (nSPS) is 33.4. The zero-order chi connectivity index (χ0) is 9.97. The van der Waals surface area contributed by atoms with Crippen molar-refractivity contribution >= 4 is 5.91 Å². The molecule has 2 N–H and O–H groups in total. The number of piperidine rings is 1. The fourth-order valence-corrected chi connectivity index (χ4v) is 2.26. The van der Waals surface area contributed by atoms with Gasteiger partial charge in [-0.25, -0.2) is 0 Å². The summed E-state index contributed by atoms with van der Waals surface area (Å²) >= 11 is 0. The molecule has 0 aromatic carbocycles. The SMILES string of the molecule is O=C(C1NCCCC1O)N1CCCC1. The smallest absolute Gasteiger partial charge is 0.242 e. The minimum Gasteiger partial charge on any atom is -0.391 e. The molecule has 2 aliphatic heterocycles. The van der Waals surface area contributed by atoms with Crippen LogP contribution in [-0.2, 0) is 4.79 Å². The number of rotatable bonds is 1. The summed E-state index contributed by atoms with van der Waals surface area (Å²) in [6, 6.07) is -0.346. The quantitative estimate of drug-likeness (QED) is 0.609. The number of carbonyl (C=O) groups is 1. The van der Waals surface area contributed by atoms with Gasteiger partial charge >= 0.3 is 0 Å². The minimum atomic E-state index is -0.489. The molecule has 14 heavy (non-hydrogen) atoms. The Hall–Kier alpha value is -0.610. The summed E-state index contributed by atoms with van der Waals surface area (Å²) in [5, 5.41) is 12.8. The van der Waals surface area contributed by atoms with Crippen LogP contribution < -0.4 is 5.32 Å². The molecular weight excluding hydrogens is 180 g/mol. The molecule has 4 heteroatoms. The number of hydrogen-bond donors (Lipinski definition) is 2. The standard InChI is InChI=1S/C10H18N2O2/c13-8-4-3-5-11-9(8)10(14)12-6-1-2-7-12/h8-9,11,13H,1-7H2. The molecular formula is C10H18N2O2. The minimum absolute atomic E-state index is 0.0923.